The van der Waals surface area contributed by atoms with Crippen molar-refractivity contribution in [1.29, 1.82) is 0 Å². The van der Waals surface area contributed by atoms with E-state index in [2.05, 4.69) is 0 Å². The topological polar surface area (TPSA) is 86.3 Å². The zero-order valence-corrected chi connectivity index (χ0v) is 3.90. The molecule has 0 aromatic carbocycles. The Bertz CT molecular complexity index is 85.9. The van der Waals surface area contributed by atoms with Crippen LogP contribution in [0.15, 0.2) is 0 Å². The van der Waals surface area contributed by atoms with Gasteiger partial charge in [-0.1, -0.05) is 0 Å². The van der Waals surface area contributed by atoms with E-state index < -0.39 is 23.1 Å². The summed E-state index contributed by atoms with van der Waals surface area (Å²) in [6, 6.07) is 0. The fraction of sp³-hybridized carbons (Fsp3) is 0. The Hall–Kier alpha value is -0.694. The summed E-state index contributed by atoms with van der Waals surface area (Å²) in [6.45, 7) is 0. The first-order valence-corrected chi connectivity index (χ1v) is 1.96. The van der Waals surface area contributed by atoms with Crippen molar-refractivity contribution in [2.45, 2.75) is 0 Å². The van der Waals surface area contributed by atoms with Gasteiger partial charge < -0.3 is 0 Å². The third-order valence-corrected chi connectivity index (χ3v) is 0.449. The van der Waals surface area contributed by atoms with Crippen LogP contribution >= 0.6 is 0 Å². The molecule has 0 spiro atoms. The van der Waals surface area contributed by atoms with Crippen LogP contribution in [0, 0.1) is 20.2 Å². The zero-order chi connectivity index (χ0) is 5.86. The molecule has 0 aliphatic carbocycles. The second-order valence-corrected chi connectivity index (χ2v) is 1.43. The molecule has 0 bridgehead atoms. The van der Waals surface area contributed by atoms with Gasteiger partial charge in [-0.2, -0.15) is 0 Å². The molecule has 0 heterocycles. The summed E-state index contributed by atoms with van der Waals surface area (Å²) in [5.41, 5.74) is 0. The van der Waals surface area contributed by atoms with Crippen LogP contribution in [0.4, 0.5) is 0 Å². The van der Waals surface area contributed by atoms with Gasteiger partial charge in [0, 0.05) is 0 Å². The average molecular weight is 151 g/mol. The first-order chi connectivity index (χ1) is 3.13. The van der Waals surface area contributed by atoms with Crippen LogP contribution in [0.2, 0.25) is 0 Å². The Morgan fingerprint density at radius 2 is 1.43 bits per heavy atom. The fourth-order valence-corrected chi connectivity index (χ4v) is 0.183. The molecule has 0 rings (SSSR count). The predicted molar refractivity (Wildman–Crippen MR) is 14.0 cm³/mol. The summed E-state index contributed by atoms with van der Waals surface area (Å²) in [7, 11) is 0. The molecule has 0 saturated carbocycles. The molecule has 0 unspecified atom stereocenters. The maximum atomic E-state index is 9.16. The van der Waals surface area contributed by atoms with Crippen LogP contribution in [0.25, 0.3) is 0 Å². The predicted octanol–water partition coefficient (Wildman–Crippen LogP) is -0.548. The Morgan fingerprint density at radius 3 is 1.43 bits per heavy atom. The molecule has 7 heteroatoms. The second kappa shape index (κ2) is 2.47. The fourth-order valence-electron chi connectivity index (χ4n) is 0.0444. The van der Waals surface area contributed by atoms with Crippen LogP contribution in [0.3, 0.4) is 0 Å². The SMILES string of the molecule is O=[N+]([O-])[Co][N+](=O)[O-]. The van der Waals surface area contributed by atoms with Crippen LogP contribution in [0.5, 0.6) is 0 Å². The summed E-state index contributed by atoms with van der Waals surface area (Å²) in [4.78, 5) is 18.3. The summed E-state index contributed by atoms with van der Waals surface area (Å²) < 4.78 is -2.06. The van der Waals surface area contributed by atoms with Gasteiger partial charge >= 0.3 is 43.3 Å². The van der Waals surface area contributed by atoms with Gasteiger partial charge in [-0.3, -0.25) is 0 Å². The molecule has 7 heavy (non-hydrogen) atoms. The molecule has 43 valence electrons. The van der Waals surface area contributed by atoms with Crippen LogP contribution in [0.1, 0.15) is 0 Å². The van der Waals surface area contributed by atoms with E-state index in [9.17, 15) is 0 Å². The molecule has 0 aliphatic heterocycles. The van der Waals surface area contributed by atoms with Gasteiger partial charge in [-0.25, -0.2) is 0 Å². The van der Waals surface area contributed by atoms with E-state index >= 15 is 0 Å². The normalized spacial score (nSPS) is 8.57. The van der Waals surface area contributed by atoms with E-state index in [1.54, 1.807) is 0 Å². The first-order valence-electron chi connectivity index (χ1n) is 1.03. The minimum atomic E-state index is -1.03. The molecule has 0 aliphatic rings. The van der Waals surface area contributed by atoms with Crippen molar-refractivity contribution >= 4 is 0 Å². The zero-order valence-electron chi connectivity index (χ0n) is 2.86. The number of hydrogen-bond donors (Lipinski definition) is 0. The van der Waals surface area contributed by atoms with Crippen LogP contribution < -0.4 is 0 Å². The molecule has 0 aromatic heterocycles. The van der Waals surface area contributed by atoms with Gasteiger partial charge in [-0.15, -0.1) is 0 Å². The van der Waals surface area contributed by atoms with Gasteiger partial charge in [0.05, 0.1) is 0 Å². The van der Waals surface area contributed by atoms with Crippen LogP contribution in [-0.4, -0.2) is 7.94 Å². The van der Waals surface area contributed by atoms with E-state index in [1.165, 1.54) is 0 Å². The quantitative estimate of drug-likeness (QED) is 0.391. The molecule has 0 amide bonds. The number of hydrogen-bond acceptors (Lipinski definition) is 4. The van der Waals surface area contributed by atoms with Crippen molar-refractivity contribution in [3.63, 3.8) is 0 Å². The van der Waals surface area contributed by atoms with Crippen molar-refractivity contribution in [3.8, 4) is 0 Å². The van der Waals surface area contributed by atoms with Gasteiger partial charge in [0.1, 0.15) is 0 Å². The van der Waals surface area contributed by atoms with Crippen molar-refractivity contribution in [1.82, 2.24) is 0 Å². The molecule has 6 nitrogen and oxygen atoms in total. The standard InChI is InChI=1S/Co.2NO2/c;2*2-1-3. The van der Waals surface area contributed by atoms with Crippen molar-refractivity contribution in [2.75, 3.05) is 0 Å². The summed E-state index contributed by atoms with van der Waals surface area (Å²) in [5.74, 6) is 0. The number of nitrogens with zero attached hydrogens (tertiary/aromatic N) is 2. The summed E-state index contributed by atoms with van der Waals surface area (Å²) in [6.07, 6.45) is 0. The van der Waals surface area contributed by atoms with E-state index in [0.29, 0.717) is 0 Å². The van der Waals surface area contributed by atoms with Crippen molar-refractivity contribution in [2.24, 2.45) is 0 Å². The van der Waals surface area contributed by atoms with Crippen LogP contribution in [-0.2, 0) is 15.1 Å². The molecule has 0 aromatic rings. The van der Waals surface area contributed by atoms with E-state index in [-0.39, 0.29) is 0 Å². The number of rotatable bonds is 2. The summed E-state index contributed by atoms with van der Waals surface area (Å²) >= 11 is -0.951. The van der Waals surface area contributed by atoms with Gasteiger partial charge in [0.15, 0.2) is 0 Å². The number of nitro groups is 2. The molecule has 0 saturated heterocycles. The summed E-state index contributed by atoms with van der Waals surface area (Å²) in [5, 5.41) is 18.3. The van der Waals surface area contributed by atoms with Gasteiger partial charge in [-0.05, 0) is 0 Å². The maximum absolute atomic E-state index is 9.16. The average Bonchev–Trinajstić information content (AvgIpc) is 1.27. The van der Waals surface area contributed by atoms with E-state index in [1.807, 2.05) is 0 Å². The Labute approximate surface area is 44.2 Å². The monoisotopic (exact) mass is 151 g/mol. The Balaban J connectivity index is 3.32. The molecular formula is CoN2O4. The molecular weight excluding hydrogens is 151 g/mol. The third-order valence-electron chi connectivity index (χ3n) is 0.109. The first kappa shape index (κ1) is 6.31. The van der Waals surface area contributed by atoms with Gasteiger partial charge in [0.2, 0.25) is 0 Å². The van der Waals surface area contributed by atoms with Crippen molar-refractivity contribution < 1.29 is 23.1 Å². The van der Waals surface area contributed by atoms with E-state index in [0.717, 1.165) is 0 Å². The molecule has 0 fully saturated rings. The Kier molecular flexibility index (Phi) is 2.23. The van der Waals surface area contributed by atoms with E-state index in [4.69, 9.17) is 20.2 Å². The van der Waals surface area contributed by atoms with Crippen molar-refractivity contribution in [3.05, 3.63) is 20.2 Å². The molecule has 0 N–H and O–H groups in total. The molecule has 0 radical (unpaired) electrons. The minimum absolute atomic E-state index is 0.951. The Morgan fingerprint density at radius 1 is 1.14 bits per heavy atom. The third kappa shape index (κ3) is 5.31. The molecule has 0 atom stereocenters. The second-order valence-electron chi connectivity index (χ2n) is 0.459. The van der Waals surface area contributed by atoms with Gasteiger partial charge in [0.25, 0.3) is 0 Å².